The van der Waals surface area contributed by atoms with E-state index >= 15 is 0 Å². The molecule has 3 rings (SSSR count). The highest BCUT2D eigenvalue weighted by Crippen LogP contribution is 2.17. The maximum Gasteiger partial charge on any atom is 0.409 e. The Morgan fingerprint density at radius 2 is 1.55 bits per heavy atom. The highest BCUT2D eigenvalue weighted by Gasteiger charge is 2.09. The summed E-state index contributed by atoms with van der Waals surface area (Å²) in [6, 6.07) is 15.8. The van der Waals surface area contributed by atoms with E-state index in [1.54, 1.807) is 30.3 Å². The molecular formula is C16H13N3O3. The third kappa shape index (κ3) is 2.90. The van der Waals surface area contributed by atoms with Gasteiger partial charge in [0.05, 0.1) is 0 Å². The van der Waals surface area contributed by atoms with Crippen molar-refractivity contribution >= 4 is 34.3 Å². The summed E-state index contributed by atoms with van der Waals surface area (Å²) in [6.45, 7) is 0. The van der Waals surface area contributed by atoms with E-state index in [1.165, 1.54) is 0 Å². The molecule has 3 aromatic rings. The van der Waals surface area contributed by atoms with E-state index in [9.17, 15) is 9.59 Å². The summed E-state index contributed by atoms with van der Waals surface area (Å²) in [5.74, 6) is -0.254. The van der Waals surface area contributed by atoms with Crippen LogP contribution in [0.25, 0.3) is 10.9 Å². The van der Waals surface area contributed by atoms with E-state index in [4.69, 9.17) is 5.11 Å². The maximum atomic E-state index is 12.2. The molecule has 6 heteroatoms. The second-order valence-corrected chi connectivity index (χ2v) is 4.73. The predicted molar refractivity (Wildman–Crippen MR) is 84.3 cm³/mol. The van der Waals surface area contributed by atoms with Crippen LogP contribution in [0.1, 0.15) is 10.5 Å². The van der Waals surface area contributed by atoms with Gasteiger partial charge >= 0.3 is 6.09 Å². The summed E-state index contributed by atoms with van der Waals surface area (Å²) in [6.07, 6.45) is -1.13. The molecule has 0 fully saturated rings. The number of carbonyl (C=O) groups is 2. The van der Waals surface area contributed by atoms with Gasteiger partial charge in [0.1, 0.15) is 5.69 Å². The first-order chi connectivity index (χ1) is 10.6. The summed E-state index contributed by atoms with van der Waals surface area (Å²) < 4.78 is 0. The van der Waals surface area contributed by atoms with Gasteiger partial charge in [-0.3, -0.25) is 10.1 Å². The van der Waals surface area contributed by atoms with Crippen LogP contribution in [0.15, 0.2) is 54.6 Å². The van der Waals surface area contributed by atoms with Gasteiger partial charge in [-0.25, -0.2) is 4.79 Å². The molecule has 1 aromatic heterocycles. The molecule has 22 heavy (non-hydrogen) atoms. The quantitative estimate of drug-likeness (QED) is 0.595. The van der Waals surface area contributed by atoms with Gasteiger partial charge in [0.25, 0.3) is 5.91 Å². The third-order valence-electron chi connectivity index (χ3n) is 3.17. The highest BCUT2D eigenvalue weighted by atomic mass is 16.4. The number of H-pyrrole nitrogens is 1. The Morgan fingerprint density at radius 3 is 2.18 bits per heavy atom. The molecule has 0 bridgehead atoms. The fourth-order valence-corrected chi connectivity index (χ4v) is 2.15. The number of aromatic nitrogens is 1. The number of benzene rings is 2. The van der Waals surface area contributed by atoms with E-state index in [1.807, 2.05) is 24.3 Å². The molecule has 2 amide bonds. The number of rotatable bonds is 3. The van der Waals surface area contributed by atoms with Crippen LogP contribution in [-0.2, 0) is 0 Å². The number of aromatic amines is 1. The van der Waals surface area contributed by atoms with Gasteiger partial charge < -0.3 is 15.4 Å². The van der Waals surface area contributed by atoms with Crippen molar-refractivity contribution in [3.05, 3.63) is 60.3 Å². The number of carboxylic acid groups (broad SMARTS) is 1. The Hall–Kier alpha value is -3.28. The lowest BCUT2D eigenvalue weighted by Gasteiger charge is -2.05. The summed E-state index contributed by atoms with van der Waals surface area (Å²) in [7, 11) is 0. The van der Waals surface area contributed by atoms with Crippen molar-refractivity contribution in [2.45, 2.75) is 0 Å². The zero-order valence-electron chi connectivity index (χ0n) is 11.5. The number of hydrogen-bond donors (Lipinski definition) is 4. The molecular weight excluding hydrogens is 282 g/mol. The number of carbonyl (C=O) groups excluding carboxylic acids is 1. The van der Waals surface area contributed by atoms with Gasteiger partial charge in [0.2, 0.25) is 0 Å². The summed E-state index contributed by atoms with van der Waals surface area (Å²) >= 11 is 0. The first-order valence-corrected chi connectivity index (χ1v) is 6.61. The van der Waals surface area contributed by atoms with Crippen molar-refractivity contribution in [2.75, 3.05) is 10.6 Å². The molecule has 0 atom stereocenters. The number of hydrogen-bond acceptors (Lipinski definition) is 2. The molecule has 0 aliphatic rings. The molecule has 110 valence electrons. The van der Waals surface area contributed by atoms with Gasteiger partial charge in [0.15, 0.2) is 0 Å². The van der Waals surface area contributed by atoms with Crippen LogP contribution in [0.4, 0.5) is 16.2 Å². The Bertz CT molecular complexity index is 804. The maximum absolute atomic E-state index is 12.2. The number of amides is 2. The molecule has 0 radical (unpaired) electrons. The number of fused-ring (bicyclic) bond motifs is 1. The lowest BCUT2D eigenvalue weighted by molar-refractivity contribution is 0.102. The van der Waals surface area contributed by atoms with Crippen molar-refractivity contribution in [3.63, 3.8) is 0 Å². The molecule has 0 saturated heterocycles. The third-order valence-corrected chi connectivity index (χ3v) is 3.17. The number of anilines is 2. The predicted octanol–water partition coefficient (Wildman–Crippen LogP) is 3.51. The zero-order chi connectivity index (χ0) is 15.5. The van der Waals surface area contributed by atoms with Crippen molar-refractivity contribution in [1.82, 2.24) is 4.98 Å². The Balaban J connectivity index is 1.74. The Labute approximate surface area is 125 Å². The standard InChI is InChI=1S/C16H13N3O3/c20-15(14-9-10-3-1-2-4-13(10)19-14)17-11-5-7-12(8-6-11)18-16(21)22/h1-9,18-19H,(H,17,20)(H,21,22). The average molecular weight is 295 g/mol. The van der Waals surface area contributed by atoms with Crippen LogP contribution < -0.4 is 10.6 Å². The van der Waals surface area contributed by atoms with Crippen LogP contribution >= 0.6 is 0 Å². The second-order valence-electron chi connectivity index (χ2n) is 4.73. The van der Waals surface area contributed by atoms with E-state index in [0.717, 1.165) is 10.9 Å². The van der Waals surface area contributed by atoms with Gasteiger partial charge in [0, 0.05) is 22.3 Å². The first kappa shape index (κ1) is 13.7. The van der Waals surface area contributed by atoms with Crippen molar-refractivity contribution < 1.29 is 14.7 Å². The molecule has 4 N–H and O–H groups in total. The number of para-hydroxylation sites is 1. The average Bonchev–Trinajstić information content (AvgIpc) is 2.93. The van der Waals surface area contributed by atoms with Gasteiger partial charge in [-0.1, -0.05) is 18.2 Å². The van der Waals surface area contributed by atoms with Crippen molar-refractivity contribution in [3.8, 4) is 0 Å². The van der Waals surface area contributed by atoms with E-state index < -0.39 is 6.09 Å². The molecule has 0 unspecified atom stereocenters. The number of nitrogens with one attached hydrogen (secondary N) is 3. The van der Waals surface area contributed by atoms with E-state index in [2.05, 4.69) is 15.6 Å². The topological polar surface area (TPSA) is 94.2 Å². The fraction of sp³-hybridized carbons (Fsp3) is 0. The van der Waals surface area contributed by atoms with Gasteiger partial charge in [-0.2, -0.15) is 0 Å². The molecule has 1 heterocycles. The summed E-state index contributed by atoms with van der Waals surface area (Å²) in [4.78, 5) is 25.8. The SMILES string of the molecule is O=C(O)Nc1ccc(NC(=O)c2cc3ccccc3[nH]2)cc1. The monoisotopic (exact) mass is 295 g/mol. The van der Waals surface area contributed by atoms with Gasteiger partial charge in [-0.15, -0.1) is 0 Å². The summed E-state index contributed by atoms with van der Waals surface area (Å²) in [5, 5.41) is 14.6. The molecule has 0 aliphatic heterocycles. The van der Waals surface area contributed by atoms with Crippen LogP contribution in [-0.4, -0.2) is 22.1 Å². The Morgan fingerprint density at radius 1 is 0.909 bits per heavy atom. The van der Waals surface area contributed by atoms with E-state index in [0.29, 0.717) is 17.1 Å². The van der Waals surface area contributed by atoms with Gasteiger partial charge in [-0.05, 0) is 36.4 Å². The normalized spacial score (nSPS) is 10.4. The summed E-state index contributed by atoms with van der Waals surface area (Å²) in [5.41, 5.74) is 2.39. The molecule has 2 aromatic carbocycles. The van der Waals surface area contributed by atoms with Crippen molar-refractivity contribution in [2.24, 2.45) is 0 Å². The fourth-order valence-electron chi connectivity index (χ4n) is 2.15. The van der Waals surface area contributed by atoms with Crippen LogP contribution in [0.5, 0.6) is 0 Å². The molecule has 6 nitrogen and oxygen atoms in total. The van der Waals surface area contributed by atoms with Crippen molar-refractivity contribution in [1.29, 1.82) is 0 Å². The molecule has 0 spiro atoms. The molecule has 0 aliphatic carbocycles. The lowest BCUT2D eigenvalue weighted by Crippen LogP contribution is -2.12. The first-order valence-electron chi connectivity index (χ1n) is 6.61. The van der Waals surface area contributed by atoms with Crippen LogP contribution in [0.2, 0.25) is 0 Å². The zero-order valence-corrected chi connectivity index (χ0v) is 11.5. The second kappa shape index (κ2) is 5.61. The largest absolute Gasteiger partial charge is 0.465 e. The van der Waals surface area contributed by atoms with Crippen LogP contribution in [0, 0.1) is 0 Å². The minimum Gasteiger partial charge on any atom is -0.465 e. The minimum absolute atomic E-state index is 0.254. The minimum atomic E-state index is -1.13. The van der Waals surface area contributed by atoms with Crippen LogP contribution in [0.3, 0.4) is 0 Å². The lowest BCUT2D eigenvalue weighted by atomic mass is 10.2. The smallest absolute Gasteiger partial charge is 0.409 e. The highest BCUT2D eigenvalue weighted by molar-refractivity contribution is 6.06. The molecule has 0 saturated carbocycles. The van der Waals surface area contributed by atoms with E-state index in [-0.39, 0.29) is 5.91 Å². The Kier molecular flexibility index (Phi) is 3.49.